The number of hydrogen-bond acceptors (Lipinski definition) is 3. The van der Waals surface area contributed by atoms with Gasteiger partial charge in [0.1, 0.15) is 5.65 Å². The van der Waals surface area contributed by atoms with Gasteiger partial charge in [-0.1, -0.05) is 35.4 Å². The third-order valence-electron chi connectivity index (χ3n) is 6.15. The van der Waals surface area contributed by atoms with Gasteiger partial charge in [-0.05, 0) is 70.9 Å². The maximum atomic E-state index is 13.5. The number of hydrogen-bond donors (Lipinski definition) is 1. The van der Waals surface area contributed by atoms with Crippen molar-refractivity contribution in [2.24, 2.45) is 0 Å². The molecular formula is C27H30N4O2. The van der Waals surface area contributed by atoms with Crippen LogP contribution in [0.5, 0.6) is 0 Å². The second-order valence-corrected chi connectivity index (χ2v) is 8.60. The quantitative estimate of drug-likeness (QED) is 0.456. The number of benzene rings is 2. The Labute approximate surface area is 193 Å². The molecule has 0 radical (unpaired) electrons. The van der Waals surface area contributed by atoms with E-state index in [1.54, 1.807) is 4.57 Å². The van der Waals surface area contributed by atoms with Crippen molar-refractivity contribution in [2.75, 3.05) is 5.32 Å². The lowest BCUT2D eigenvalue weighted by Crippen LogP contribution is -2.27. The number of nitrogens with one attached hydrogen (secondary N) is 1. The van der Waals surface area contributed by atoms with Gasteiger partial charge in [-0.15, -0.1) is 0 Å². The van der Waals surface area contributed by atoms with Gasteiger partial charge >= 0.3 is 0 Å². The fourth-order valence-corrected chi connectivity index (χ4v) is 4.33. The highest BCUT2D eigenvalue weighted by molar-refractivity contribution is 5.91. The number of aryl methyl sites for hydroxylation is 5. The number of aromatic nitrogens is 3. The summed E-state index contributed by atoms with van der Waals surface area (Å²) >= 11 is 0. The van der Waals surface area contributed by atoms with Crippen LogP contribution in [0.3, 0.4) is 0 Å². The van der Waals surface area contributed by atoms with Crippen LogP contribution in [0.1, 0.15) is 41.3 Å². The first-order chi connectivity index (χ1) is 15.8. The molecule has 4 rings (SSSR count). The summed E-state index contributed by atoms with van der Waals surface area (Å²) < 4.78 is 3.63. The first-order valence-electron chi connectivity index (χ1n) is 11.3. The molecule has 0 aliphatic rings. The van der Waals surface area contributed by atoms with Crippen molar-refractivity contribution in [2.45, 2.75) is 54.0 Å². The van der Waals surface area contributed by atoms with Gasteiger partial charge in [0, 0.05) is 29.6 Å². The molecule has 0 fully saturated rings. The van der Waals surface area contributed by atoms with Crippen molar-refractivity contribution in [1.29, 1.82) is 0 Å². The number of rotatable bonds is 6. The van der Waals surface area contributed by atoms with Crippen LogP contribution in [-0.4, -0.2) is 20.3 Å². The van der Waals surface area contributed by atoms with E-state index in [9.17, 15) is 9.59 Å². The molecule has 0 atom stereocenters. The van der Waals surface area contributed by atoms with E-state index in [4.69, 9.17) is 5.10 Å². The molecule has 1 amide bonds. The van der Waals surface area contributed by atoms with E-state index in [0.717, 1.165) is 39.2 Å². The SMILES string of the molecule is CCn1c(=O)c(CCC(=O)Nc2ccc(C)cc2)c(C)c2c(C)nn(-c3ccc(C)cc3)c21. The van der Waals surface area contributed by atoms with Crippen molar-refractivity contribution >= 4 is 22.6 Å². The minimum atomic E-state index is -0.104. The van der Waals surface area contributed by atoms with E-state index in [-0.39, 0.29) is 17.9 Å². The van der Waals surface area contributed by atoms with Crippen LogP contribution in [-0.2, 0) is 17.8 Å². The number of fused-ring (bicyclic) bond motifs is 1. The van der Waals surface area contributed by atoms with Crippen molar-refractivity contribution in [3.05, 3.63) is 86.8 Å². The third kappa shape index (κ3) is 4.33. The van der Waals surface area contributed by atoms with Gasteiger partial charge in [-0.3, -0.25) is 14.2 Å². The number of amides is 1. The van der Waals surface area contributed by atoms with Crippen LogP contribution in [0.2, 0.25) is 0 Å². The Morgan fingerprint density at radius 1 is 0.939 bits per heavy atom. The molecule has 2 aromatic carbocycles. The molecule has 2 heterocycles. The minimum Gasteiger partial charge on any atom is -0.326 e. The molecule has 33 heavy (non-hydrogen) atoms. The summed E-state index contributed by atoms with van der Waals surface area (Å²) in [5.74, 6) is -0.104. The van der Waals surface area contributed by atoms with E-state index in [0.29, 0.717) is 18.5 Å². The van der Waals surface area contributed by atoms with E-state index in [1.165, 1.54) is 5.56 Å². The van der Waals surface area contributed by atoms with Crippen LogP contribution in [0.15, 0.2) is 53.3 Å². The van der Waals surface area contributed by atoms with Gasteiger partial charge in [0.05, 0.1) is 11.4 Å². The summed E-state index contributed by atoms with van der Waals surface area (Å²) in [6.07, 6.45) is 0.623. The lowest BCUT2D eigenvalue weighted by Gasteiger charge is -2.14. The molecule has 6 nitrogen and oxygen atoms in total. The normalized spacial score (nSPS) is 11.2. The molecule has 4 aromatic rings. The van der Waals surface area contributed by atoms with Crippen LogP contribution in [0.4, 0.5) is 5.69 Å². The predicted octanol–water partition coefficient (Wildman–Crippen LogP) is 5.01. The van der Waals surface area contributed by atoms with Gasteiger partial charge < -0.3 is 5.32 Å². The highest BCUT2D eigenvalue weighted by Crippen LogP contribution is 2.26. The zero-order chi connectivity index (χ0) is 23.7. The molecule has 6 heteroatoms. The molecule has 0 aliphatic carbocycles. The molecule has 0 saturated heterocycles. The lowest BCUT2D eigenvalue weighted by atomic mass is 10.0. The maximum Gasteiger partial charge on any atom is 0.255 e. The first kappa shape index (κ1) is 22.5. The average molecular weight is 443 g/mol. The molecule has 2 aromatic heterocycles. The molecule has 0 bridgehead atoms. The van der Waals surface area contributed by atoms with Crippen LogP contribution in [0, 0.1) is 27.7 Å². The molecule has 1 N–H and O–H groups in total. The van der Waals surface area contributed by atoms with Crippen LogP contribution < -0.4 is 10.9 Å². The van der Waals surface area contributed by atoms with Gasteiger partial charge in [-0.25, -0.2) is 4.68 Å². The summed E-state index contributed by atoms with van der Waals surface area (Å²) in [5, 5.41) is 8.68. The summed E-state index contributed by atoms with van der Waals surface area (Å²) in [7, 11) is 0. The average Bonchev–Trinajstić information content (AvgIpc) is 3.13. The Morgan fingerprint density at radius 3 is 2.15 bits per heavy atom. The Hall–Kier alpha value is -3.67. The zero-order valence-electron chi connectivity index (χ0n) is 19.9. The molecule has 170 valence electrons. The molecular weight excluding hydrogens is 412 g/mol. The van der Waals surface area contributed by atoms with E-state index in [1.807, 2.05) is 87.8 Å². The van der Waals surface area contributed by atoms with Gasteiger partial charge in [0.15, 0.2) is 0 Å². The molecule has 0 spiro atoms. The minimum absolute atomic E-state index is 0.0566. The van der Waals surface area contributed by atoms with Crippen LogP contribution in [0.25, 0.3) is 16.7 Å². The largest absolute Gasteiger partial charge is 0.326 e. The molecule has 0 unspecified atom stereocenters. The predicted molar refractivity (Wildman–Crippen MR) is 133 cm³/mol. The lowest BCUT2D eigenvalue weighted by molar-refractivity contribution is -0.116. The Morgan fingerprint density at radius 2 is 1.55 bits per heavy atom. The Balaban J connectivity index is 1.70. The fourth-order valence-electron chi connectivity index (χ4n) is 4.33. The smallest absolute Gasteiger partial charge is 0.255 e. The first-order valence-corrected chi connectivity index (χ1v) is 11.3. The van der Waals surface area contributed by atoms with Crippen molar-refractivity contribution in [3.63, 3.8) is 0 Å². The van der Waals surface area contributed by atoms with Crippen molar-refractivity contribution in [1.82, 2.24) is 14.3 Å². The number of anilines is 1. The number of pyridine rings is 1. The Bertz CT molecular complexity index is 1380. The fraction of sp³-hybridized carbons (Fsp3) is 0.296. The number of carbonyl (C=O) groups is 1. The van der Waals surface area contributed by atoms with Gasteiger partial charge in [0.25, 0.3) is 5.56 Å². The summed E-state index contributed by atoms with van der Waals surface area (Å²) in [6.45, 7) is 10.5. The van der Waals surface area contributed by atoms with E-state index < -0.39 is 0 Å². The van der Waals surface area contributed by atoms with Crippen molar-refractivity contribution in [3.8, 4) is 5.69 Å². The standard InChI is InChI=1S/C27H30N4O2/c1-6-30-26-25(20(5)29-31(26)22-13-9-18(3)10-14-22)19(4)23(27(30)33)15-16-24(32)28-21-11-7-17(2)8-12-21/h7-14H,6,15-16H2,1-5H3,(H,28,32). The Kier molecular flexibility index (Phi) is 6.18. The second kappa shape index (κ2) is 9.06. The van der Waals surface area contributed by atoms with Gasteiger partial charge in [-0.2, -0.15) is 5.10 Å². The second-order valence-electron chi connectivity index (χ2n) is 8.60. The number of carbonyl (C=O) groups excluding carboxylic acids is 1. The summed E-state index contributed by atoms with van der Waals surface area (Å²) in [6, 6.07) is 15.8. The van der Waals surface area contributed by atoms with Crippen molar-refractivity contribution < 1.29 is 4.79 Å². The maximum absolute atomic E-state index is 13.5. The molecule has 0 saturated carbocycles. The van der Waals surface area contributed by atoms with E-state index >= 15 is 0 Å². The topological polar surface area (TPSA) is 68.9 Å². The summed E-state index contributed by atoms with van der Waals surface area (Å²) in [4.78, 5) is 26.0. The highest BCUT2D eigenvalue weighted by atomic mass is 16.1. The number of nitrogens with zero attached hydrogens (tertiary/aromatic N) is 3. The van der Waals surface area contributed by atoms with Gasteiger partial charge in [0.2, 0.25) is 5.91 Å². The van der Waals surface area contributed by atoms with Crippen LogP contribution >= 0.6 is 0 Å². The van der Waals surface area contributed by atoms with E-state index in [2.05, 4.69) is 5.32 Å². The monoisotopic (exact) mass is 442 g/mol. The zero-order valence-corrected chi connectivity index (χ0v) is 19.9. The summed E-state index contributed by atoms with van der Waals surface area (Å²) in [5.41, 5.74) is 7.18. The third-order valence-corrected chi connectivity index (χ3v) is 6.15. The highest BCUT2D eigenvalue weighted by Gasteiger charge is 2.21. The molecule has 0 aliphatic heterocycles.